The van der Waals surface area contributed by atoms with Gasteiger partial charge in [-0.15, -0.1) is 0 Å². The van der Waals surface area contributed by atoms with Crippen molar-refractivity contribution in [2.24, 2.45) is 0 Å². The van der Waals surface area contributed by atoms with Crippen molar-refractivity contribution in [2.45, 2.75) is 6.54 Å². The first kappa shape index (κ1) is 13.1. The molecule has 0 aliphatic rings. The van der Waals surface area contributed by atoms with E-state index in [1.807, 2.05) is 60.7 Å². The molecular formula is C17H14N2O2. The number of aromatic nitrogens is 1. The molecule has 0 aliphatic heterocycles. The Morgan fingerprint density at radius 3 is 2.38 bits per heavy atom. The lowest BCUT2D eigenvalue weighted by Gasteiger charge is -2.05. The van der Waals surface area contributed by atoms with Crippen molar-refractivity contribution in [3.8, 4) is 11.3 Å². The zero-order valence-corrected chi connectivity index (χ0v) is 11.3. The number of carbonyl (C=O) groups is 1. The van der Waals surface area contributed by atoms with E-state index in [4.69, 9.17) is 4.52 Å². The fourth-order valence-corrected chi connectivity index (χ4v) is 2.07. The van der Waals surface area contributed by atoms with E-state index in [1.165, 1.54) is 6.20 Å². The molecule has 0 aliphatic carbocycles. The van der Waals surface area contributed by atoms with Crippen LogP contribution in [0.25, 0.3) is 11.3 Å². The molecule has 1 heterocycles. The third-order valence-electron chi connectivity index (χ3n) is 3.15. The van der Waals surface area contributed by atoms with Crippen LogP contribution in [0.4, 0.5) is 0 Å². The van der Waals surface area contributed by atoms with Gasteiger partial charge < -0.3 is 9.84 Å². The van der Waals surface area contributed by atoms with Gasteiger partial charge in [-0.1, -0.05) is 65.8 Å². The Kier molecular flexibility index (Phi) is 3.78. The van der Waals surface area contributed by atoms with Crippen molar-refractivity contribution < 1.29 is 9.32 Å². The number of hydrogen-bond donors (Lipinski definition) is 1. The first-order valence-electron chi connectivity index (χ1n) is 6.67. The highest BCUT2D eigenvalue weighted by Crippen LogP contribution is 2.23. The summed E-state index contributed by atoms with van der Waals surface area (Å²) in [6.45, 7) is 0.471. The minimum atomic E-state index is -0.195. The standard InChI is InChI=1S/C17H14N2O2/c20-17(18-11-13-7-3-1-4-8-13)15-12-19-21-16(15)14-9-5-2-6-10-14/h1-10,12H,11H2,(H,18,20). The van der Waals surface area contributed by atoms with Crippen molar-refractivity contribution in [3.63, 3.8) is 0 Å². The van der Waals surface area contributed by atoms with Crippen molar-refractivity contribution in [1.29, 1.82) is 0 Å². The summed E-state index contributed by atoms with van der Waals surface area (Å²) < 4.78 is 5.21. The summed E-state index contributed by atoms with van der Waals surface area (Å²) in [5.74, 6) is 0.292. The minimum absolute atomic E-state index is 0.195. The van der Waals surface area contributed by atoms with Gasteiger partial charge in [0.15, 0.2) is 5.76 Å². The summed E-state index contributed by atoms with van der Waals surface area (Å²) in [5.41, 5.74) is 2.32. The van der Waals surface area contributed by atoms with E-state index in [0.29, 0.717) is 17.9 Å². The molecule has 0 spiro atoms. The number of nitrogens with one attached hydrogen (secondary N) is 1. The SMILES string of the molecule is O=C(NCc1ccccc1)c1cnoc1-c1ccccc1. The molecule has 1 aromatic heterocycles. The molecule has 2 aromatic carbocycles. The molecule has 0 saturated carbocycles. The second kappa shape index (κ2) is 6.05. The lowest BCUT2D eigenvalue weighted by molar-refractivity contribution is 0.0951. The fourth-order valence-electron chi connectivity index (χ4n) is 2.07. The van der Waals surface area contributed by atoms with Gasteiger partial charge in [-0.25, -0.2) is 0 Å². The quantitative estimate of drug-likeness (QED) is 0.797. The Morgan fingerprint density at radius 1 is 1.00 bits per heavy atom. The molecule has 4 nitrogen and oxygen atoms in total. The van der Waals surface area contributed by atoms with Crippen molar-refractivity contribution in [2.75, 3.05) is 0 Å². The van der Waals surface area contributed by atoms with E-state index < -0.39 is 0 Å². The van der Waals surface area contributed by atoms with Gasteiger partial charge in [0, 0.05) is 12.1 Å². The number of hydrogen-bond acceptors (Lipinski definition) is 3. The van der Waals surface area contributed by atoms with Crippen LogP contribution in [0.2, 0.25) is 0 Å². The predicted octanol–water partition coefficient (Wildman–Crippen LogP) is 3.27. The molecule has 21 heavy (non-hydrogen) atoms. The summed E-state index contributed by atoms with van der Waals surface area (Å²) in [5, 5.41) is 6.61. The van der Waals surface area contributed by atoms with Crippen LogP contribution < -0.4 is 5.32 Å². The number of nitrogens with zero attached hydrogens (tertiary/aromatic N) is 1. The number of rotatable bonds is 4. The van der Waals surface area contributed by atoms with Gasteiger partial charge in [0.25, 0.3) is 5.91 Å². The monoisotopic (exact) mass is 278 g/mol. The van der Waals surface area contributed by atoms with Gasteiger partial charge in [0.1, 0.15) is 5.56 Å². The van der Waals surface area contributed by atoms with Crippen molar-refractivity contribution >= 4 is 5.91 Å². The van der Waals surface area contributed by atoms with Gasteiger partial charge in [0.05, 0.1) is 6.20 Å². The van der Waals surface area contributed by atoms with E-state index in [0.717, 1.165) is 11.1 Å². The Labute approximate surface area is 122 Å². The highest BCUT2D eigenvalue weighted by molar-refractivity contribution is 5.99. The van der Waals surface area contributed by atoms with Crippen LogP contribution in [0.1, 0.15) is 15.9 Å². The number of amides is 1. The normalized spacial score (nSPS) is 10.3. The van der Waals surface area contributed by atoms with E-state index in [1.54, 1.807) is 0 Å². The average Bonchev–Trinajstić information content (AvgIpc) is 3.04. The molecular weight excluding hydrogens is 264 g/mol. The van der Waals surface area contributed by atoms with Gasteiger partial charge in [-0.05, 0) is 5.56 Å². The van der Waals surface area contributed by atoms with Crippen molar-refractivity contribution in [1.82, 2.24) is 10.5 Å². The lowest BCUT2D eigenvalue weighted by Crippen LogP contribution is -2.22. The van der Waals surface area contributed by atoms with E-state index in [-0.39, 0.29) is 5.91 Å². The van der Waals surface area contributed by atoms with Crippen LogP contribution in [0, 0.1) is 0 Å². The van der Waals surface area contributed by atoms with E-state index >= 15 is 0 Å². The maximum Gasteiger partial charge on any atom is 0.257 e. The van der Waals surface area contributed by atoms with Crippen molar-refractivity contribution in [3.05, 3.63) is 78.0 Å². The molecule has 0 saturated heterocycles. The Morgan fingerprint density at radius 2 is 1.67 bits per heavy atom. The molecule has 0 fully saturated rings. The largest absolute Gasteiger partial charge is 0.355 e. The summed E-state index contributed by atoms with van der Waals surface area (Å²) in [7, 11) is 0. The van der Waals surface area contributed by atoms with Gasteiger partial charge in [0.2, 0.25) is 0 Å². The second-order valence-electron chi connectivity index (χ2n) is 4.60. The average molecular weight is 278 g/mol. The lowest BCUT2D eigenvalue weighted by atomic mass is 10.1. The molecule has 1 amide bonds. The van der Waals surface area contributed by atoms with E-state index in [2.05, 4.69) is 10.5 Å². The molecule has 3 aromatic rings. The maximum absolute atomic E-state index is 12.3. The molecule has 0 radical (unpaired) electrons. The summed E-state index contributed by atoms with van der Waals surface area (Å²) in [6, 6.07) is 19.2. The molecule has 1 N–H and O–H groups in total. The smallest absolute Gasteiger partial charge is 0.257 e. The fraction of sp³-hybridized carbons (Fsp3) is 0.0588. The topological polar surface area (TPSA) is 55.1 Å². The third kappa shape index (κ3) is 3.00. The zero-order chi connectivity index (χ0) is 14.5. The Balaban J connectivity index is 1.76. The predicted molar refractivity (Wildman–Crippen MR) is 79.6 cm³/mol. The van der Waals surface area contributed by atoms with Crippen LogP contribution >= 0.6 is 0 Å². The third-order valence-corrected chi connectivity index (χ3v) is 3.15. The van der Waals surface area contributed by atoms with Gasteiger partial charge in [-0.3, -0.25) is 4.79 Å². The Bertz CT molecular complexity index is 721. The zero-order valence-electron chi connectivity index (χ0n) is 11.3. The molecule has 0 atom stereocenters. The summed E-state index contributed by atoms with van der Waals surface area (Å²) in [6.07, 6.45) is 1.45. The summed E-state index contributed by atoms with van der Waals surface area (Å²) >= 11 is 0. The molecule has 3 rings (SSSR count). The number of carbonyl (C=O) groups excluding carboxylic acids is 1. The summed E-state index contributed by atoms with van der Waals surface area (Å²) in [4.78, 5) is 12.3. The highest BCUT2D eigenvalue weighted by atomic mass is 16.5. The van der Waals surface area contributed by atoms with Crippen LogP contribution in [0.15, 0.2) is 71.4 Å². The minimum Gasteiger partial charge on any atom is -0.355 e. The van der Waals surface area contributed by atoms with E-state index in [9.17, 15) is 4.79 Å². The van der Waals surface area contributed by atoms with Crippen LogP contribution in [0.3, 0.4) is 0 Å². The number of benzene rings is 2. The highest BCUT2D eigenvalue weighted by Gasteiger charge is 2.17. The van der Waals surface area contributed by atoms with Crippen LogP contribution in [-0.4, -0.2) is 11.1 Å². The van der Waals surface area contributed by atoms with Gasteiger partial charge in [-0.2, -0.15) is 0 Å². The maximum atomic E-state index is 12.3. The Hall–Kier alpha value is -2.88. The van der Waals surface area contributed by atoms with Crippen LogP contribution in [-0.2, 0) is 6.54 Å². The molecule has 0 bridgehead atoms. The first-order valence-corrected chi connectivity index (χ1v) is 6.67. The first-order chi connectivity index (χ1) is 10.3. The van der Waals surface area contributed by atoms with Crippen LogP contribution in [0.5, 0.6) is 0 Å². The second-order valence-corrected chi connectivity index (χ2v) is 4.60. The molecule has 104 valence electrons. The molecule has 4 heteroatoms. The van der Waals surface area contributed by atoms with Gasteiger partial charge >= 0.3 is 0 Å². The molecule has 0 unspecified atom stereocenters.